The average Bonchev–Trinajstić information content (AvgIpc) is 3.14. The van der Waals surface area contributed by atoms with Gasteiger partial charge < -0.3 is 14.8 Å². The third-order valence-corrected chi connectivity index (χ3v) is 5.16. The number of nitrogens with zero attached hydrogens (tertiary/aromatic N) is 4. The molecule has 0 bridgehead atoms. The first kappa shape index (κ1) is 20.8. The lowest BCUT2D eigenvalue weighted by Gasteiger charge is -2.27. The highest BCUT2D eigenvalue weighted by molar-refractivity contribution is 5.44. The summed E-state index contributed by atoms with van der Waals surface area (Å²) in [5.74, 6) is 0.428. The van der Waals surface area contributed by atoms with E-state index in [1.807, 2.05) is 0 Å². The zero-order chi connectivity index (χ0) is 22.8. The van der Waals surface area contributed by atoms with Crippen LogP contribution in [0.15, 0.2) is 71.9 Å². The monoisotopic (exact) mass is 451 g/mol. The minimum absolute atomic E-state index is 0.195. The van der Waals surface area contributed by atoms with Crippen molar-refractivity contribution >= 4 is 5.82 Å². The normalized spacial score (nSPS) is 13.5. The third-order valence-electron chi connectivity index (χ3n) is 5.16. The van der Waals surface area contributed by atoms with Gasteiger partial charge in [-0.1, -0.05) is 6.07 Å². The van der Waals surface area contributed by atoms with Crippen molar-refractivity contribution in [2.24, 2.45) is 0 Å². The van der Waals surface area contributed by atoms with Crippen LogP contribution in [-0.4, -0.2) is 38.6 Å². The molecule has 0 radical (unpaired) electrons. The molecular weight excluding hydrogens is 432 g/mol. The predicted molar refractivity (Wildman–Crippen MR) is 116 cm³/mol. The predicted octanol–water partition coefficient (Wildman–Crippen LogP) is 3.36. The molecule has 0 amide bonds. The van der Waals surface area contributed by atoms with Crippen molar-refractivity contribution in [3.63, 3.8) is 0 Å². The van der Waals surface area contributed by atoms with Gasteiger partial charge in [0.25, 0.3) is 0 Å². The van der Waals surface area contributed by atoms with Crippen molar-refractivity contribution in [1.82, 2.24) is 19.3 Å². The van der Waals surface area contributed by atoms with Crippen LogP contribution >= 0.6 is 0 Å². The lowest BCUT2D eigenvalue weighted by molar-refractivity contribution is 0.0209. The van der Waals surface area contributed by atoms with Crippen molar-refractivity contribution < 1.29 is 18.3 Å². The van der Waals surface area contributed by atoms with E-state index in [1.165, 1.54) is 12.4 Å². The molecule has 1 aliphatic heterocycles. The third kappa shape index (κ3) is 4.46. The molecule has 0 saturated carbocycles. The maximum atomic E-state index is 13.9. The molecule has 8 nitrogen and oxygen atoms in total. The van der Waals surface area contributed by atoms with Crippen LogP contribution in [0.2, 0.25) is 0 Å². The Morgan fingerprint density at radius 2 is 1.82 bits per heavy atom. The highest BCUT2D eigenvalue weighted by atomic mass is 19.1. The van der Waals surface area contributed by atoms with E-state index in [9.17, 15) is 13.6 Å². The number of ether oxygens (including phenoxy) is 2. The Kier molecular flexibility index (Phi) is 5.57. The van der Waals surface area contributed by atoms with E-state index >= 15 is 0 Å². The van der Waals surface area contributed by atoms with E-state index in [1.54, 1.807) is 42.6 Å². The van der Waals surface area contributed by atoms with Gasteiger partial charge in [-0.25, -0.2) is 18.6 Å². The molecule has 1 fully saturated rings. The van der Waals surface area contributed by atoms with Gasteiger partial charge in [-0.15, -0.1) is 0 Å². The number of benzene rings is 2. The second-order valence-electron chi connectivity index (χ2n) is 7.50. The fourth-order valence-electron chi connectivity index (χ4n) is 3.35. The minimum Gasteiger partial charge on any atom is -0.457 e. The molecule has 0 atom stereocenters. The molecule has 168 valence electrons. The van der Waals surface area contributed by atoms with Crippen LogP contribution in [0, 0.1) is 11.6 Å². The second kappa shape index (κ2) is 8.83. The number of pyridine rings is 1. The number of rotatable bonds is 7. The average molecular weight is 451 g/mol. The Labute approximate surface area is 187 Å². The zero-order valence-electron chi connectivity index (χ0n) is 17.3. The van der Waals surface area contributed by atoms with E-state index in [2.05, 4.69) is 15.4 Å². The fourth-order valence-corrected chi connectivity index (χ4v) is 3.35. The molecule has 1 N–H and O–H groups in total. The Bertz CT molecular complexity index is 1310. The van der Waals surface area contributed by atoms with Gasteiger partial charge in [0.2, 0.25) is 0 Å². The van der Waals surface area contributed by atoms with Gasteiger partial charge >= 0.3 is 5.69 Å². The van der Waals surface area contributed by atoms with Gasteiger partial charge in [-0.2, -0.15) is 9.78 Å². The van der Waals surface area contributed by atoms with Gasteiger partial charge in [0.1, 0.15) is 35.3 Å². The molecule has 3 heterocycles. The van der Waals surface area contributed by atoms with Gasteiger partial charge in [-0.05, 0) is 42.5 Å². The van der Waals surface area contributed by atoms with Crippen molar-refractivity contribution in [1.29, 1.82) is 0 Å². The summed E-state index contributed by atoms with van der Waals surface area (Å²) in [4.78, 5) is 17.0. The smallest absolute Gasteiger partial charge is 0.350 e. The fraction of sp³-hybridized carbons (Fsp3) is 0.174. The molecule has 2 aromatic heterocycles. The topological polar surface area (TPSA) is 83.2 Å². The maximum Gasteiger partial charge on any atom is 0.350 e. The molecule has 0 spiro atoms. The Morgan fingerprint density at radius 1 is 1.06 bits per heavy atom. The molecular formula is C23H19F2N5O3. The first-order valence-corrected chi connectivity index (χ1v) is 10.2. The summed E-state index contributed by atoms with van der Waals surface area (Å²) < 4.78 is 41.2. The molecule has 4 aromatic rings. The van der Waals surface area contributed by atoms with Crippen molar-refractivity contribution in [3.05, 3.63) is 94.8 Å². The number of anilines is 1. The highest BCUT2D eigenvalue weighted by Crippen LogP contribution is 2.24. The number of nitrogens with one attached hydrogen (secondary N) is 1. The molecule has 1 aliphatic rings. The number of hydrogen-bond acceptors (Lipinski definition) is 6. The van der Waals surface area contributed by atoms with Crippen LogP contribution in [0.1, 0.15) is 5.56 Å². The number of aromatic nitrogens is 4. The SMILES string of the molecule is O=c1n(Cc2c(F)cccc2F)cnn1-c1ccc(Oc2ccnc(NC3COC3)c2)cc1. The Balaban J connectivity index is 1.30. The van der Waals surface area contributed by atoms with Gasteiger partial charge in [0, 0.05) is 17.8 Å². The first-order valence-electron chi connectivity index (χ1n) is 10.2. The van der Waals surface area contributed by atoms with Gasteiger partial charge in [-0.3, -0.25) is 4.57 Å². The van der Waals surface area contributed by atoms with Crippen LogP contribution in [0.4, 0.5) is 14.6 Å². The molecule has 2 aromatic carbocycles. The Morgan fingerprint density at radius 3 is 2.52 bits per heavy atom. The lowest BCUT2D eigenvalue weighted by Crippen LogP contribution is -2.40. The summed E-state index contributed by atoms with van der Waals surface area (Å²) in [7, 11) is 0. The van der Waals surface area contributed by atoms with E-state index in [-0.39, 0.29) is 18.2 Å². The molecule has 33 heavy (non-hydrogen) atoms. The van der Waals surface area contributed by atoms with Crippen LogP contribution < -0.4 is 15.7 Å². The largest absolute Gasteiger partial charge is 0.457 e. The van der Waals surface area contributed by atoms with Crippen molar-refractivity contribution in [2.45, 2.75) is 12.6 Å². The number of halogens is 2. The van der Waals surface area contributed by atoms with Crippen LogP contribution in [0.25, 0.3) is 5.69 Å². The van der Waals surface area contributed by atoms with E-state index in [0.29, 0.717) is 36.2 Å². The van der Waals surface area contributed by atoms with E-state index in [4.69, 9.17) is 9.47 Å². The maximum absolute atomic E-state index is 13.9. The van der Waals surface area contributed by atoms with Crippen LogP contribution in [0.5, 0.6) is 11.5 Å². The van der Waals surface area contributed by atoms with Crippen LogP contribution in [0.3, 0.4) is 0 Å². The molecule has 0 aliphatic carbocycles. The molecule has 1 saturated heterocycles. The van der Waals surface area contributed by atoms with E-state index < -0.39 is 17.3 Å². The quantitative estimate of drug-likeness (QED) is 0.464. The van der Waals surface area contributed by atoms with Crippen LogP contribution in [-0.2, 0) is 11.3 Å². The van der Waals surface area contributed by atoms with Crippen molar-refractivity contribution in [2.75, 3.05) is 18.5 Å². The summed E-state index contributed by atoms with van der Waals surface area (Å²) >= 11 is 0. The van der Waals surface area contributed by atoms with Gasteiger partial charge in [0.15, 0.2) is 0 Å². The van der Waals surface area contributed by atoms with Crippen molar-refractivity contribution in [3.8, 4) is 17.2 Å². The summed E-state index contributed by atoms with van der Waals surface area (Å²) in [6.45, 7) is 1.04. The summed E-state index contributed by atoms with van der Waals surface area (Å²) in [6, 6.07) is 14.1. The highest BCUT2D eigenvalue weighted by Gasteiger charge is 2.18. The Hall–Kier alpha value is -4.05. The lowest BCUT2D eigenvalue weighted by atomic mass is 10.2. The van der Waals surface area contributed by atoms with E-state index in [0.717, 1.165) is 21.4 Å². The second-order valence-corrected chi connectivity index (χ2v) is 7.50. The molecule has 5 rings (SSSR count). The molecule has 0 unspecified atom stereocenters. The standard InChI is InChI=1S/C23H19F2N5O3/c24-20-2-1-3-21(25)19(20)11-29-14-27-30(23(29)31)16-4-6-17(7-5-16)33-18-8-9-26-22(10-18)28-15-12-32-13-15/h1-10,14-15H,11-13H2,(H,26,28). The number of hydrogen-bond donors (Lipinski definition) is 1. The minimum atomic E-state index is -0.716. The summed E-state index contributed by atoms with van der Waals surface area (Å²) in [5, 5.41) is 7.32. The zero-order valence-corrected chi connectivity index (χ0v) is 17.3. The summed E-state index contributed by atoms with van der Waals surface area (Å²) in [6.07, 6.45) is 2.90. The molecule has 10 heteroatoms. The van der Waals surface area contributed by atoms with Gasteiger partial charge in [0.05, 0.1) is 31.5 Å². The first-order chi connectivity index (χ1) is 16.1. The summed E-state index contributed by atoms with van der Waals surface area (Å²) in [5.41, 5.74) is -0.225.